The van der Waals surface area contributed by atoms with Gasteiger partial charge in [-0.2, -0.15) is 0 Å². The van der Waals surface area contributed by atoms with Gasteiger partial charge in [-0.1, -0.05) is 12.1 Å². The first-order chi connectivity index (χ1) is 17.3. The molecule has 2 aliphatic rings. The van der Waals surface area contributed by atoms with E-state index in [1.54, 1.807) is 6.07 Å². The van der Waals surface area contributed by atoms with E-state index in [1.165, 1.54) is 12.1 Å². The van der Waals surface area contributed by atoms with Gasteiger partial charge < -0.3 is 9.64 Å². The van der Waals surface area contributed by atoms with E-state index in [1.807, 2.05) is 4.90 Å². The van der Waals surface area contributed by atoms with Gasteiger partial charge in [-0.05, 0) is 43.9 Å². The topological polar surface area (TPSA) is 62.7 Å². The van der Waals surface area contributed by atoms with Crippen LogP contribution in [0.25, 0.3) is 10.9 Å². The molecule has 2 aliphatic heterocycles. The Bertz CT molecular complexity index is 1340. The second-order valence-corrected chi connectivity index (χ2v) is 11.2. The molecule has 1 unspecified atom stereocenters. The summed E-state index contributed by atoms with van der Waals surface area (Å²) in [7, 11) is -4.36. The van der Waals surface area contributed by atoms with Crippen LogP contribution in [0.5, 0.6) is 0 Å². The van der Waals surface area contributed by atoms with Crippen molar-refractivity contribution >= 4 is 26.4 Å². The number of sulfone groups is 1. The first-order valence-electron chi connectivity index (χ1n) is 12.2. The normalized spacial score (nSPS) is 19.6. The Morgan fingerprint density at radius 1 is 1.00 bits per heavy atom. The van der Waals surface area contributed by atoms with E-state index in [2.05, 4.69) is 9.88 Å². The number of pyridine rings is 1. The van der Waals surface area contributed by atoms with E-state index in [0.717, 1.165) is 63.6 Å². The maximum atomic E-state index is 14.7. The molecule has 2 aromatic carbocycles. The van der Waals surface area contributed by atoms with Gasteiger partial charge in [-0.3, -0.25) is 9.88 Å². The Morgan fingerprint density at radius 3 is 2.50 bits per heavy atom. The Labute approximate surface area is 208 Å². The summed E-state index contributed by atoms with van der Waals surface area (Å²) in [6.07, 6.45) is 4.62. The summed E-state index contributed by atoms with van der Waals surface area (Å²) in [6.45, 7) is 4.49. The zero-order valence-electron chi connectivity index (χ0n) is 19.8. The van der Waals surface area contributed by atoms with Crippen molar-refractivity contribution in [3.8, 4) is 0 Å². The number of hydrogen-bond acceptors (Lipinski definition) is 6. The Hall–Kier alpha value is -2.69. The molecule has 1 atom stereocenters. The minimum absolute atomic E-state index is 0.0219. The van der Waals surface area contributed by atoms with E-state index in [4.69, 9.17) is 4.74 Å². The molecule has 0 N–H and O–H groups in total. The number of nitrogens with zero attached hydrogens (tertiary/aromatic N) is 3. The third kappa shape index (κ3) is 4.94. The van der Waals surface area contributed by atoms with Gasteiger partial charge in [0.2, 0.25) is 9.84 Å². The van der Waals surface area contributed by atoms with E-state index in [9.17, 15) is 21.6 Å². The number of ether oxygens (including phenoxy) is 1. The van der Waals surface area contributed by atoms with Crippen molar-refractivity contribution in [1.29, 1.82) is 0 Å². The molecule has 0 saturated carbocycles. The lowest BCUT2D eigenvalue weighted by atomic mass is 9.97. The second-order valence-electron chi connectivity index (χ2n) is 9.30. The molecule has 0 amide bonds. The molecular formula is C26H28F3N3O3S. The lowest BCUT2D eigenvalue weighted by Gasteiger charge is -2.40. The van der Waals surface area contributed by atoms with Gasteiger partial charge in [0.05, 0.1) is 23.8 Å². The number of anilines is 1. The third-order valence-corrected chi connectivity index (χ3v) is 8.75. The monoisotopic (exact) mass is 519 g/mol. The fraction of sp³-hybridized carbons (Fsp3) is 0.423. The van der Waals surface area contributed by atoms with Gasteiger partial charge in [-0.15, -0.1) is 0 Å². The van der Waals surface area contributed by atoms with Gasteiger partial charge in [0.25, 0.3) is 0 Å². The molecule has 0 radical (unpaired) electrons. The minimum atomic E-state index is -4.36. The fourth-order valence-corrected chi connectivity index (χ4v) is 6.67. The number of benzene rings is 2. The molecule has 0 bridgehead atoms. The fourth-order valence-electron chi connectivity index (χ4n) is 5.21. The summed E-state index contributed by atoms with van der Waals surface area (Å²) < 4.78 is 75.6. The van der Waals surface area contributed by atoms with Crippen molar-refractivity contribution in [1.82, 2.24) is 9.88 Å². The Kier molecular flexibility index (Phi) is 7.18. The van der Waals surface area contributed by atoms with Crippen molar-refractivity contribution in [3.05, 3.63) is 60.0 Å². The molecule has 3 heterocycles. The van der Waals surface area contributed by atoms with Crippen molar-refractivity contribution < 1.29 is 26.3 Å². The molecule has 192 valence electrons. The largest absolute Gasteiger partial charge is 0.379 e. The summed E-state index contributed by atoms with van der Waals surface area (Å²) in [4.78, 5) is 7.82. The molecule has 5 rings (SSSR count). The number of piperidine rings is 1. The molecular weight excluding hydrogens is 491 g/mol. The zero-order valence-corrected chi connectivity index (χ0v) is 20.6. The maximum Gasteiger partial charge on any atom is 0.210 e. The molecule has 36 heavy (non-hydrogen) atoms. The van der Waals surface area contributed by atoms with Crippen LogP contribution >= 0.6 is 0 Å². The van der Waals surface area contributed by atoms with Gasteiger partial charge in [0, 0.05) is 49.9 Å². The van der Waals surface area contributed by atoms with E-state index in [0.29, 0.717) is 36.9 Å². The summed E-state index contributed by atoms with van der Waals surface area (Å²) in [5, 5.41) is 0.367. The SMILES string of the molecule is O=S(=O)(c1cc(F)cc(F)c1)c1cnc2c(F)cccc2c1N1CCCCC1CCN1CCOCC1. The smallest absolute Gasteiger partial charge is 0.210 e. The maximum absolute atomic E-state index is 14.7. The van der Waals surface area contributed by atoms with Crippen LogP contribution < -0.4 is 4.90 Å². The van der Waals surface area contributed by atoms with Crippen LogP contribution in [-0.4, -0.2) is 63.7 Å². The van der Waals surface area contributed by atoms with E-state index in [-0.39, 0.29) is 16.5 Å². The van der Waals surface area contributed by atoms with Crippen molar-refractivity contribution in [2.75, 3.05) is 44.3 Å². The van der Waals surface area contributed by atoms with Crippen molar-refractivity contribution in [3.63, 3.8) is 0 Å². The first kappa shape index (κ1) is 25.0. The summed E-state index contributed by atoms with van der Waals surface area (Å²) in [5.74, 6) is -2.54. The molecule has 3 aromatic rings. The van der Waals surface area contributed by atoms with Crippen molar-refractivity contribution in [2.24, 2.45) is 0 Å². The lowest BCUT2D eigenvalue weighted by Crippen LogP contribution is -2.44. The molecule has 0 aliphatic carbocycles. The molecule has 1 aromatic heterocycles. The highest BCUT2D eigenvalue weighted by Crippen LogP contribution is 2.40. The predicted octanol–water partition coefficient (Wildman–Crippen LogP) is 4.57. The Balaban J connectivity index is 1.62. The number of para-hydroxylation sites is 1. The van der Waals surface area contributed by atoms with Crippen LogP contribution in [0.15, 0.2) is 52.4 Å². The van der Waals surface area contributed by atoms with Crippen LogP contribution in [0.2, 0.25) is 0 Å². The average Bonchev–Trinajstić information content (AvgIpc) is 2.87. The standard InChI is InChI=1S/C26H28F3N3O3S/c27-18-14-19(28)16-21(15-18)36(33,34)24-17-30-25-22(5-3-6-23(25)29)26(24)32-8-2-1-4-20(32)7-9-31-10-12-35-13-11-31/h3,5-6,14-17,20H,1-2,4,7-13H2. The van der Waals surface area contributed by atoms with Crippen molar-refractivity contribution in [2.45, 2.75) is 41.5 Å². The van der Waals surface area contributed by atoms with Crippen LogP contribution in [0.1, 0.15) is 25.7 Å². The molecule has 2 saturated heterocycles. The Morgan fingerprint density at radius 2 is 1.75 bits per heavy atom. The van der Waals surface area contributed by atoms with Crippen LogP contribution in [0.4, 0.5) is 18.9 Å². The zero-order chi connectivity index (χ0) is 25.3. The minimum Gasteiger partial charge on any atom is -0.379 e. The van der Waals surface area contributed by atoms with Crippen LogP contribution in [0.3, 0.4) is 0 Å². The van der Waals surface area contributed by atoms with E-state index >= 15 is 0 Å². The van der Waals surface area contributed by atoms with Gasteiger partial charge in [-0.25, -0.2) is 21.6 Å². The lowest BCUT2D eigenvalue weighted by molar-refractivity contribution is 0.0362. The molecule has 0 spiro atoms. The highest BCUT2D eigenvalue weighted by atomic mass is 32.2. The average molecular weight is 520 g/mol. The highest BCUT2D eigenvalue weighted by Gasteiger charge is 2.32. The van der Waals surface area contributed by atoms with Crippen LogP contribution in [0, 0.1) is 17.5 Å². The third-order valence-electron chi connectivity index (χ3n) is 7.02. The summed E-state index contributed by atoms with van der Waals surface area (Å²) in [5.41, 5.74) is 0.408. The number of morpholine rings is 1. The molecule has 2 fully saturated rings. The van der Waals surface area contributed by atoms with Gasteiger partial charge in [0.1, 0.15) is 27.9 Å². The number of rotatable bonds is 6. The summed E-state index contributed by atoms with van der Waals surface area (Å²) in [6, 6.07) is 6.69. The highest BCUT2D eigenvalue weighted by molar-refractivity contribution is 7.91. The van der Waals surface area contributed by atoms with Gasteiger partial charge in [0.15, 0.2) is 0 Å². The molecule has 10 heteroatoms. The van der Waals surface area contributed by atoms with Gasteiger partial charge >= 0.3 is 0 Å². The number of halogens is 3. The number of fused-ring (bicyclic) bond motifs is 1. The van der Waals surface area contributed by atoms with Crippen LogP contribution in [-0.2, 0) is 14.6 Å². The first-order valence-corrected chi connectivity index (χ1v) is 13.7. The second kappa shape index (κ2) is 10.4. The number of hydrogen-bond donors (Lipinski definition) is 0. The quantitative estimate of drug-likeness (QED) is 0.476. The summed E-state index contributed by atoms with van der Waals surface area (Å²) >= 11 is 0. The molecule has 6 nitrogen and oxygen atoms in total. The predicted molar refractivity (Wildman–Crippen MR) is 130 cm³/mol. The van der Waals surface area contributed by atoms with E-state index < -0.39 is 32.2 Å². The number of aromatic nitrogens is 1.